The highest BCUT2D eigenvalue weighted by atomic mass is 32.2. The van der Waals surface area contributed by atoms with Crippen LogP contribution in [0.25, 0.3) is 0 Å². The van der Waals surface area contributed by atoms with E-state index in [-0.39, 0.29) is 5.91 Å². The SMILES string of the molecule is CC(=O)N1CCc2cc(S(=O)(=O)N3CCN(CC4CCCO4)CC3)ccc21. The highest BCUT2D eigenvalue weighted by Gasteiger charge is 2.31. The summed E-state index contributed by atoms with van der Waals surface area (Å²) >= 11 is 0. The number of carbonyl (C=O) groups is 1. The van der Waals surface area contributed by atoms with E-state index in [0.717, 1.165) is 50.3 Å². The first-order chi connectivity index (χ1) is 12.9. The lowest BCUT2D eigenvalue weighted by Crippen LogP contribution is -2.50. The van der Waals surface area contributed by atoms with Crippen LogP contribution in [-0.2, 0) is 26.0 Å². The Bertz CT molecular complexity index is 812. The number of ether oxygens (including phenoxy) is 1. The predicted octanol–water partition coefficient (Wildman–Crippen LogP) is 1.08. The minimum absolute atomic E-state index is 0.00767. The van der Waals surface area contributed by atoms with Crippen LogP contribution in [0.2, 0.25) is 0 Å². The molecule has 0 bridgehead atoms. The highest BCUT2D eigenvalue weighted by molar-refractivity contribution is 7.89. The summed E-state index contributed by atoms with van der Waals surface area (Å²) in [6.07, 6.45) is 3.23. The fraction of sp³-hybridized carbons (Fsp3) is 0.632. The molecule has 3 aliphatic heterocycles. The van der Waals surface area contributed by atoms with E-state index >= 15 is 0 Å². The standard InChI is InChI=1S/C19H27N3O4S/c1-15(23)22-7-6-16-13-18(4-5-19(16)22)27(24,25)21-10-8-20(9-11-21)14-17-3-2-12-26-17/h4-5,13,17H,2-3,6-12,14H2,1H3. The molecule has 0 saturated carbocycles. The second-order valence-corrected chi connectivity index (χ2v) is 9.49. The average molecular weight is 394 g/mol. The molecule has 0 aromatic heterocycles. The molecular formula is C19H27N3O4S. The molecule has 1 atom stereocenters. The van der Waals surface area contributed by atoms with Gasteiger partial charge >= 0.3 is 0 Å². The molecule has 1 unspecified atom stereocenters. The smallest absolute Gasteiger partial charge is 0.243 e. The number of piperazine rings is 1. The normalized spacial score (nSPS) is 24.3. The number of sulfonamides is 1. The van der Waals surface area contributed by atoms with Gasteiger partial charge < -0.3 is 9.64 Å². The van der Waals surface area contributed by atoms with Gasteiger partial charge in [0.1, 0.15) is 0 Å². The number of nitrogens with zero attached hydrogens (tertiary/aromatic N) is 3. The predicted molar refractivity (Wildman–Crippen MR) is 102 cm³/mol. The van der Waals surface area contributed by atoms with Crippen molar-refractivity contribution in [2.24, 2.45) is 0 Å². The van der Waals surface area contributed by atoms with Crippen LogP contribution in [-0.4, -0.2) is 75.5 Å². The summed E-state index contributed by atoms with van der Waals surface area (Å²) < 4.78 is 33.4. The van der Waals surface area contributed by atoms with Crippen molar-refractivity contribution in [1.29, 1.82) is 0 Å². The van der Waals surface area contributed by atoms with Crippen molar-refractivity contribution in [2.45, 2.75) is 37.2 Å². The van der Waals surface area contributed by atoms with Crippen molar-refractivity contribution in [3.05, 3.63) is 23.8 Å². The van der Waals surface area contributed by atoms with Crippen molar-refractivity contribution in [1.82, 2.24) is 9.21 Å². The molecule has 27 heavy (non-hydrogen) atoms. The number of benzene rings is 1. The van der Waals surface area contributed by atoms with Crippen LogP contribution in [0.3, 0.4) is 0 Å². The zero-order valence-electron chi connectivity index (χ0n) is 15.8. The third-order valence-electron chi connectivity index (χ3n) is 5.78. The van der Waals surface area contributed by atoms with Gasteiger partial charge in [-0.25, -0.2) is 8.42 Å². The molecule has 1 aromatic carbocycles. The summed E-state index contributed by atoms with van der Waals surface area (Å²) in [5.74, 6) is -0.00767. The molecule has 1 amide bonds. The number of hydrogen-bond donors (Lipinski definition) is 0. The number of hydrogen-bond acceptors (Lipinski definition) is 5. The summed E-state index contributed by atoms with van der Waals surface area (Å²) in [5.41, 5.74) is 1.77. The summed E-state index contributed by atoms with van der Waals surface area (Å²) in [7, 11) is -3.50. The van der Waals surface area contributed by atoms with Crippen LogP contribution < -0.4 is 4.90 Å². The van der Waals surface area contributed by atoms with Gasteiger partial charge in [0.15, 0.2) is 0 Å². The first-order valence-corrected chi connectivity index (χ1v) is 11.1. The van der Waals surface area contributed by atoms with Crippen LogP contribution in [0.4, 0.5) is 5.69 Å². The zero-order chi connectivity index (χ0) is 19.0. The Morgan fingerprint density at radius 1 is 1.19 bits per heavy atom. The Labute approximate surface area is 160 Å². The largest absolute Gasteiger partial charge is 0.377 e. The van der Waals surface area contributed by atoms with E-state index in [1.165, 1.54) is 6.92 Å². The van der Waals surface area contributed by atoms with Crippen LogP contribution in [0.15, 0.2) is 23.1 Å². The first kappa shape index (κ1) is 18.9. The Hall–Kier alpha value is -1.48. The maximum absolute atomic E-state index is 13.1. The van der Waals surface area contributed by atoms with Crippen molar-refractivity contribution in [2.75, 3.05) is 50.8 Å². The van der Waals surface area contributed by atoms with Crippen LogP contribution in [0.5, 0.6) is 0 Å². The van der Waals surface area contributed by atoms with E-state index in [4.69, 9.17) is 4.74 Å². The molecule has 1 aromatic rings. The van der Waals surface area contributed by atoms with Crippen molar-refractivity contribution in [3.63, 3.8) is 0 Å². The molecule has 8 heteroatoms. The summed E-state index contributed by atoms with van der Waals surface area (Å²) in [6.45, 7) is 6.39. The monoisotopic (exact) mass is 393 g/mol. The van der Waals surface area contributed by atoms with E-state index in [1.807, 2.05) is 0 Å². The fourth-order valence-electron chi connectivity index (χ4n) is 4.24. The lowest BCUT2D eigenvalue weighted by atomic mass is 10.2. The molecule has 4 rings (SSSR count). The molecule has 3 heterocycles. The van der Waals surface area contributed by atoms with Gasteiger partial charge in [-0.05, 0) is 43.0 Å². The Morgan fingerprint density at radius 2 is 1.96 bits per heavy atom. The average Bonchev–Trinajstić information content (AvgIpc) is 3.31. The van der Waals surface area contributed by atoms with Crippen molar-refractivity contribution < 1.29 is 17.9 Å². The van der Waals surface area contributed by atoms with Crippen LogP contribution >= 0.6 is 0 Å². The minimum Gasteiger partial charge on any atom is -0.377 e. The molecule has 0 spiro atoms. The molecule has 2 fully saturated rings. The van der Waals surface area contributed by atoms with Gasteiger partial charge in [-0.15, -0.1) is 0 Å². The summed E-state index contributed by atoms with van der Waals surface area (Å²) in [6, 6.07) is 5.14. The number of rotatable bonds is 4. The van der Waals surface area contributed by atoms with E-state index in [0.29, 0.717) is 37.1 Å². The molecule has 7 nitrogen and oxygen atoms in total. The second kappa shape index (κ2) is 7.50. The molecule has 2 saturated heterocycles. The van der Waals surface area contributed by atoms with Crippen molar-refractivity contribution >= 4 is 21.6 Å². The maximum atomic E-state index is 13.1. The summed E-state index contributed by atoms with van der Waals surface area (Å²) in [4.78, 5) is 16.0. The van der Waals surface area contributed by atoms with Gasteiger partial charge in [0.05, 0.1) is 11.0 Å². The van der Waals surface area contributed by atoms with E-state index in [2.05, 4.69) is 4.90 Å². The molecular weight excluding hydrogens is 366 g/mol. The maximum Gasteiger partial charge on any atom is 0.243 e. The molecule has 0 N–H and O–H groups in total. The number of anilines is 1. The molecule has 0 radical (unpaired) electrons. The quantitative estimate of drug-likeness (QED) is 0.766. The Balaban J connectivity index is 1.43. The lowest BCUT2D eigenvalue weighted by molar-refractivity contribution is -0.116. The fourth-order valence-corrected chi connectivity index (χ4v) is 5.72. The van der Waals surface area contributed by atoms with Crippen molar-refractivity contribution in [3.8, 4) is 0 Å². The molecule has 148 valence electrons. The van der Waals surface area contributed by atoms with Crippen LogP contribution in [0, 0.1) is 0 Å². The number of amides is 1. The Morgan fingerprint density at radius 3 is 2.63 bits per heavy atom. The topological polar surface area (TPSA) is 70.2 Å². The van der Waals surface area contributed by atoms with E-state index in [1.54, 1.807) is 27.4 Å². The van der Waals surface area contributed by atoms with Gasteiger partial charge in [-0.3, -0.25) is 9.69 Å². The molecule has 0 aliphatic carbocycles. The minimum atomic E-state index is -3.50. The highest BCUT2D eigenvalue weighted by Crippen LogP contribution is 2.31. The summed E-state index contributed by atoms with van der Waals surface area (Å²) in [5, 5.41) is 0. The van der Waals surface area contributed by atoms with Gasteiger partial charge in [0, 0.05) is 58.5 Å². The van der Waals surface area contributed by atoms with Gasteiger partial charge in [0.2, 0.25) is 15.9 Å². The third kappa shape index (κ3) is 3.76. The third-order valence-corrected chi connectivity index (χ3v) is 7.68. The van der Waals surface area contributed by atoms with E-state index < -0.39 is 10.0 Å². The van der Waals surface area contributed by atoms with Gasteiger partial charge in [-0.2, -0.15) is 4.31 Å². The first-order valence-electron chi connectivity index (χ1n) is 9.70. The Kier molecular flexibility index (Phi) is 5.24. The van der Waals surface area contributed by atoms with Gasteiger partial charge in [-0.1, -0.05) is 0 Å². The van der Waals surface area contributed by atoms with Gasteiger partial charge in [0.25, 0.3) is 0 Å². The zero-order valence-corrected chi connectivity index (χ0v) is 16.6. The second-order valence-electron chi connectivity index (χ2n) is 7.55. The van der Waals surface area contributed by atoms with Crippen LogP contribution in [0.1, 0.15) is 25.3 Å². The lowest BCUT2D eigenvalue weighted by Gasteiger charge is -2.35. The number of fused-ring (bicyclic) bond motifs is 1. The van der Waals surface area contributed by atoms with E-state index in [9.17, 15) is 13.2 Å². The molecule has 3 aliphatic rings. The number of carbonyl (C=O) groups excluding carboxylic acids is 1.